The zero-order valence-electron chi connectivity index (χ0n) is 20.8. The van der Waals surface area contributed by atoms with E-state index in [4.69, 9.17) is 18.9 Å². The normalized spacial score (nSPS) is 34.6. The van der Waals surface area contributed by atoms with Crippen molar-refractivity contribution in [2.45, 2.75) is 70.3 Å². The summed E-state index contributed by atoms with van der Waals surface area (Å²) in [6, 6.07) is 8.06. The number of amides is 1. The Morgan fingerprint density at radius 3 is 2.53 bits per heavy atom. The van der Waals surface area contributed by atoms with Crippen LogP contribution in [0.5, 0.6) is 0 Å². The van der Waals surface area contributed by atoms with Crippen LogP contribution in [0.2, 0.25) is 0 Å². The van der Waals surface area contributed by atoms with Gasteiger partial charge in [-0.3, -0.25) is 0 Å². The van der Waals surface area contributed by atoms with Crippen molar-refractivity contribution in [1.29, 1.82) is 0 Å². The number of allylic oxidation sites excluding steroid dienone is 2. The fraction of sp³-hybridized carbons (Fsp3) is 0.630. The van der Waals surface area contributed by atoms with Crippen molar-refractivity contribution in [3.63, 3.8) is 0 Å². The highest BCUT2D eigenvalue weighted by Gasteiger charge is 2.70. The summed E-state index contributed by atoms with van der Waals surface area (Å²) in [7, 11) is 2.99. The molecule has 1 heterocycles. The number of carbonyl (C=O) groups is 2. The molecule has 0 unspecified atom stereocenters. The molecule has 4 rings (SSSR count). The molecule has 1 aromatic rings. The van der Waals surface area contributed by atoms with E-state index in [-0.39, 0.29) is 23.0 Å². The van der Waals surface area contributed by atoms with Gasteiger partial charge in [0.2, 0.25) is 0 Å². The lowest BCUT2D eigenvalue weighted by Crippen LogP contribution is -2.54. The third-order valence-electron chi connectivity index (χ3n) is 7.97. The maximum atomic E-state index is 12.9. The van der Waals surface area contributed by atoms with E-state index in [9.17, 15) is 9.59 Å². The van der Waals surface area contributed by atoms with Crippen LogP contribution < -0.4 is 5.32 Å². The molecule has 0 bridgehead atoms. The van der Waals surface area contributed by atoms with Crippen LogP contribution >= 0.6 is 0 Å². The molecule has 0 radical (unpaired) electrons. The molecule has 1 saturated heterocycles. The van der Waals surface area contributed by atoms with E-state index in [2.05, 4.69) is 32.2 Å². The molecule has 1 aromatic carbocycles. The van der Waals surface area contributed by atoms with Gasteiger partial charge >= 0.3 is 12.1 Å². The summed E-state index contributed by atoms with van der Waals surface area (Å²) in [5.74, 6) is 0.170. The van der Waals surface area contributed by atoms with E-state index in [0.717, 1.165) is 25.9 Å². The first-order valence-corrected chi connectivity index (χ1v) is 12.1. The van der Waals surface area contributed by atoms with Crippen molar-refractivity contribution < 1.29 is 28.5 Å². The summed E-state index contributed by atoms with van der Waals surface area (Å²) < 4.78 is 22.8. The topological polar surface area (TPSA) is 86.4 Å². The van der Waals surface area contributed by atoms with E-state index < -0.39 is 24.2 Å². The maximum Gasteiger partial charge on any atom is 0.408 e. The number of carbonyl (C=O) groups excluding carboxylic acids is 2. The van der Waals surface area contributed by atoms with Crippen molar-refractivity contribution in [3.05, 3.63) is 47.5 Å². The molecule has 7 heteroatoms. The van der Waals surface area contributed by atoms with Crippen LogP contribution in [-0.4, -0.2) is 50.7 Å². The molecular weight excluding hydrogens is 434 g/mol. The lowest BCUT2D eigenvalue weighted by molar-refractivity contribution is -0.143. The number of epoxide rings is 1. The summed E-state index contributed by atoms with van der Waals surface area (Å²) in [6.45, 7) is 7.31. The Bertz CT molecular complexity index is 922. The van der Waals surface area contributed by atoms with Crippen molar-refractivity contribution in [2.24, 2.45) is 17.3 Å². The smallest absolute Gasteiger partial charge is 0.408 e. The van der Waals surface area contributed by atoms with Gasteiger partial charge in [0.15, 0.2) is 6.04 Å². The number of methoxy groups -OCH3 is 2. The van der Waals surface area contributed by atoms with Gasteiger partial charge in [0, 0.05) is 13.0 Å². The zero-order valence-corrected chi connectivity index (χ0v) is 20.8. The summed E-state index contributed by atoms with van der Waals surface area (Å²) >= 11 is 0. The lowest BCUT2D eigenvalue weighted by atomic mass is 9.67. The van der Waals surface area contributed by atoms with Crippen molar-refractivity contribution >= 4 is 12.1 Å². The Hall–Kier alpha value is -2.38. The van der Waals surface area contributed by atoms with Gasteiger partial charge in [-0.15, -0.1) is 0 Å². The van der Waals surface area contributed by atoms with Crippen LogP contribution in [0.3, 0.4) is 0 Å². The average Bonchev–Trinajstić information content (AvgIpc) is 3.74. The largest absolute Gasteiger partial charge is 0.467 e. The first kappa shape index (κ1) is 24.7. The highest BCUT2D eigenvalue weighted by Crippen LogP contribution is 2.68. The first-order valence-electron chi connectivity index (χ1n) is 12.1. The minimum absolute atomic E-state index is 0.0836. The van der Waals surface area contributed by atoms with Crippen molar-refractivity contribution in [1.82, 2.24) is 5.32 Å². The molecular formula is C27H37NO6. The first-order chi connectivity index (χ1) is 16.2. The average molecular weight is 472 g/mol. The Balaban J connectivity index is 1.47. The van der Waals surface area contributed by atoms with Crippen LogP contribution in [0.15, 0.2) is 42.0 Å². The molecule has 2 saturated carbocycles. The summed E-state index contributed by atoms with van der Waals surface area (Å²) in [5.41, 5.74) is 1.87. The minimum atomic E-state index is -0.938. The molecule has 186 valence electrons. The van der Waals surface area contributed by atoms with Gasteiger partial charge in [0.1, 0.15) is 12.2 Å². The lowest BCUT2D eigenvalue weighted by Gasteiger charge is -2.44. The van der Waals surface area contributed by atoms with Gasteiger partial charge in [-0.05, 0) is 56.4 Å². The molecule has 1 N–H and O–H groups in total. The number of nitrogens with one attached hydrogen (secondary N) is 1. The van der Waals surface area contributed by atoms with Gasteiger partial charge in [-0.1, -0.05) is 48.9 Å². The van der Waals surface area contributed by atoms with Crippen LogP contribution in [0.1, 0.15) is 58.1 Å². The number of alkyl carbamates (subject to hydrolysis) is 1. The summed E-state index contributed by atoms with van der Waals surface area (Å²) in [5, 5.41) is 2.69. The molecule has 0 aromatic heterocycles. The number of hydrogen-bond donors (Lipinski definition) is 1. The number of hydrogen-bond acceptors (Lipinski definition) is 6. The Morgan fingerprint density at radius 2 is 1.94 bits per heavy atom. The summed E-state index contributed by atoms with van der Waals surface area (Å²) in [6.07, 6.45) is 4.62. The molecule has 7 nitrogen and oxygen atoms in total. The molecule has 7 atom stereocenters. The van der Waals surface area contributed by atoms with Gasteiger partial charge in [0.25, 0.3) is 0 Å². The van der Waals surface area contributed by atoms with E-state index in [1.165, 1.54) is 12.7 Å². The fourth-order valence-corrected chi connectivity index (χ4v) is 5.94. The predicted octanol–water partition coefficient (Wildman–Crippen LogP) is 4.57. The number of esters is 1. The summed E-state index contributed by atoms with van der Waals surface area (Å²) in [4.78, 5) is 25.3. The van der Waals surface area contributed by atoms with Crippen molar-refractivity contribution in [2.75, 3.05) is 20.8 Å². The van der Waals surface area contributed by atoms with Crippen LogP contribution in [0.25, 0.3) is 0 Å². The molecule has 3 fully saturated rings. The van der Waals surface area contributed by atoms with Crippen molar-refractivity contribution in [3.8, 4) is 0 Å². The molecule has 2 aliphatic carbocycles. The number of ether oxygens (including phenoxy) is 4. The quantitative estimate of drug-likeness (QED) is 0.340. The highest BCUT2D eigenvalue weighted by molar-refractivity contribution is 5.82. The number of rotatable bonds is 8. The van der Waals surface area contributed by atoms with E-state index in [0.29, 0.717) is 17.9 Å². The third-order valence-corrected chi connectivity index (χ3v) is 7.97. The Kier molecular flexibility index (Phi) is 7.06. The monoisotopic (exact) mass is 471 g/mol. The fourth-order valence-electron chi connectivity index (χ4n) is 5.94. The zero-order chi connectivity index (χ0) is 24.5. The molecule has 1 spiro atoms. The predicted molar refractivity (Wildman–Crippen MR) is 127 cm³/mol. The van der Waals surface area contributed by atoms with Gasteiger partial charge in [-0.25, -0.2) is 9.59 Å². The van der Waals surface area contributed by atoms with E-state index >= 15 is 0 Å². The number of benzene rings is 1. The molecule has 1 aliphatic heterocycles. The second-order valence-electron chi connectivity index (χ2n) is 10.4. The SMILES string of the molecule is COC(=O)[C@H](NC(=O)O[C@@H]1CC[C@]2(CO2)[C@@H]([C@@]2(C)C[C@@H]2CC=C(C)C)[C@@H]1OC)c1ccccc1. The third kappa shape index (κ3) is 4.86. The van der Waals surface area contributed by atoms with Gasteiger partial charge in [-0.2, -0.15) is 0 Å². The minimum Gasteiger partial charge on any atom is -0.467 e. The van der Waals surface area contributed by atoms with E-state index in [1.807, 2.05) is 18.2 Å². The standard InChI is InChI=1S/C27H37NO6/c1-17(2)11-12-19-15-26(19,3)23-22(31-4)20(13-14-27(23)16-33-27)34-25(30)28-21(24(29)32-5)18-9-7-6-8-10-18/h6-11,19-23H,12-16H2,1-5H3,(H,28,30)/t19-,20+,21+,22+,23+,26-,27-/m0/s1. The van der Waals surface area contributed by atoms with Gasteiger partial charge < -0.3 is 24.3 Å². The van der Waals surface area contributed by atoms with E-state index in [1.54, 1.807) is 19.2 Å². The highest BCUT2D eigenvalue weighted by atomic mass is 16.6. The Labute approximate surface area is 202 Å². The molecule has 34 heavy (non-hydrogen) atoms. The molecule has 1 amide bonds. The van der Waals surface area contributed by atoms with Crippen LogP contribution in [0.4, 0.5) is 4.79 Å². The second kappa shape index (κ2) is 9.70. The van der Waals surface area contributed by atoms with Gasteiger partial charge in [0.05, 0.1) is 19.3 Å². The molecule has 3 aliphatic rings. The second-order valence-corrected chi connectivity index (χ2v) is 10.4. The van der Waals surface area contributed by atoms with Crippen LogP contribution in [0, 0.1) is 17.3 Å². The van der Waals surface area contributed by atoms with Crippen LogP contribution in [-0.2, 0) is 23.7 Å². The maximum absolute atomic E-state index is 12.9. The Morgan fingerprint density at radius 1 is 1.24 bits per heavy atom.